The minimum atomic E-state index is 0.0455. The second-order valence-corrected chi connectivity index (χ2v) is 7.87. The van der Waals surface area contributed by atoms with Crippen molar-refractivity contribution in [3.8, 4) is 33.4 Å². The molecule has 0 saturated carbocycles. The van der Waals surface area contributed by atoms with Crippen molar-refractivity contribution in [2.24, 2.45) is 0 Å². The van der Waals surface area contributed by atoms with Gasteiger partial charge in [-0.2, -0.15) is 0 Å². The van der Waals surface area contributed by atoms with Gasteiger partial charge in [-0.25, -0.2) is 0 Å². The number of hydrogen-bond donors (Lipinski definition) is 0. The Hall–Kier alpha value is -2.87. The topological polar surface area (TPSA) is 17.1 Å². The largest absolute Gasteiger partial charge is 0.289 e. The van der Waals surface area contributed by atoms with Gasteiger partial charge in [-0.1, -0.05) is 84.9 Å². The Labute approximate surface area is 185 Å². The quantitative estimate of drug-likeness (QED) is 0.268. The number of halogens is 2. The zero-order valence-electron chi connectivity index (χ0n) is 16.2. The maximum Gasteiger partial charge on any atom is 0.194 e. The molecule has 5 rings (SSSR count). The summed E-state index contributed by atoms with van der Waals surface area (Å²) in [4.78, 5) is 13.7. The molecule has 0 unspecified atom stereocenters. The lowest BCUT2D eigenvalue weighted by Gasteiger charge is -2.22. The van der Waals surface area contributed by atoms with E-state index in [1.165, 1.54) is 0 Å². The summed E-state index contributed by atoms with van der Waals surface area (Å²) >= 11 is 13.1. The van der Waals surface area contributed by atoms with Crippen molar-refractivity contribution in [1.29, 1.82) is 0 Å². The van der Waals surface area contributed by atoms with Crippen molar-refractivity contribution in [3.05, 3.63) is 107 Å². The lowest BCUT2D eigenvalue weighted by molar-refractivity contribution is 0.104. The summed E-state index contributed by atoms with van der Waals surface area (Å²) in [6.07, 6.45) is 0. The van der Waals surface area contributed by atoms with Gasteiger partial charge in [-0.05, 0) is 38.9 Å². The number of alkyl halides is 2. The zero-order chi connectivity index (χ0) is 20.7. The summed E-state index contributed by atoms with van der Waals surface area (Å²) in [7, 11) is 0. The molecule has 0 bridgehead atoms. The fourth-order valence-corrected chi connectivity index (χ4v) is 5.12. The molecule has 0 saturated heterocycles. The van der Waals surface area contributed by atoms with Gasteiger partial charge in [0.25, 0.3) is 0 Å². The molecule has 0 amide bonds. The number of benzene rings is 4. The van der Waals surface area contributed by atoms with Gasteiger partial charge in [-0.3, -0.25) is 4.79 Å². The summed E-state index contributed by atoms with van der Waals surface area (Å²) in [6, 6.07) is 28.0. The van der Waals surface area contributed by atoms with Crippen molar-refractivity contribution in [1.82, 2.24) is 0 Å². The third kappa shape index (κ3) is 2.81. The molecule has 0 atom stereocenters. The van der Waals surface area contributed by atoms with Crippen LogP contribution in [0.15, 0.2) is 84.9 Å². The molecule has 4 aromatic rings. The molecule has 1 aliphatic rings. The summed E-state index contributed by atoms with van der Waals surface area (Å²) < 4.78 is 0. The van der Waals surface area contributed by atoms with Crippen LogP contribution in [0.4, 0.5) is 0 Å². The molecule has 146 valence electrons. The molecule has 30 heavy (non-hydrogen) atoms. The average Bonchev–Trinajstić information content (AvgIpc) is 3.11. The second-order valence-electron chi connectivity index (χ2n) is 7.33. The van der Waals surface area contributed by atoms with Crippen molar-refractivity contribution < 1.29 is 4.79 Å². The highest BCUT2D eigenvalue weighted by molar-refractivity contribution is 6.29. The van der Waals surface area contributed by atoms with Crippen LogP contribution >= 0.6 is 23.2 Å². The first-order valence-electron chi connectivity index (χ1n) is 9.84. The first-order chi connectivity index (χ1) is 14.8. The average molecular weight is 429 g/mol. The highest BCUT2D eigenvalue weighted by atomic mass is 35.5. The van der Waals surface area contributed by atoms with Crippen LogP contribution < -0.4 is 0 Å². The van der Waals surface area contributed by atoms with Crippen LogP contribution in [0, 0.1) is 0 Å². The van der Waals surface area contributed by atoms with Gasteiger partial charge < -0.3 is 0 Å². The van der Waals surface area contributed by atoms with Gasteiger partial charge >= 0.3 is 0 Å². The fourth-order valence-electron chi connectivity index (χ4n) is 4.53. The van der Waals surface area contributed by atoms with Gasteiger partial charge in [0.15, 0.2) is 5.78 Å². The van der Waals surface area contributed by atoms with E-state index in [4.69, 9.17) is 23.2 Å². The SMILES string of the molecule is O=C1c2ccccc2-c2c1c(-c1ccccc1)c(CCl)c(CCl)c2-c1ccccc1. The molecule has 0 N–H and O–H groups in total. The lowest BCUT2D eigenvalue weighted by Crippen LogP contribution is -2.06. The molecule has 0 spiro atoms. The Morgan fingerprint density at radius 2 is 0.933 bits per heavy atom. The summed E-state index contributed by atoms with van der Waals surface area (Å²) in [5.41, 5.74) is 9.23. The molecule has 0 heterocycles. The van der Waals surface area contributed by atoms with Crippen LogP contribution in [-0.4, -0.2) is 5.78 Å². The highest BCUT2D eigenvalue weighted by Crippen LogP contribution is 2.51. The van der Waals surface area contributed by atoms with E-state index in [9.17, 15) is 4.79 Å². The Bertz CT molecular complexity index is 1260. The smallest absolute Gasteiger partial charge is 0.194 e. The van der Waals surface area contributed by atoms with Crippen LogP contribution in [0.25, 0.3) is 33.4 Å². The van der Waals surface area contributed by atoms with Crippen LogP contribution in [0.5, 0.6) is 0 Å². The Balaban J connectivity index is 2.00. The number of carbonyl (C=O) groups is 1. The van der Waals surface area contributed by atoms with E-state index in [-0.39, 0.29) is 11.7 Å². The van der Waals surface area contributed by atoms with Crippen molar-refractivity contribution in [3.63, 3.8) is 0 Å². The molecule has 0 fully saturated rings. The van der Waals surface area contributed by atoms with E-state index in [0.717, 1.165) is 55.6 Å². The maximum absolute atomic E-state index is 13.7. The molecule has 1 nitrogen and oxygen atoms in total. The third-order valence-electron chi connectivity index (χ3n) is 5.78. The first kappa shape index (κ1) is 19.1. The minimum absolute atomic E-state index is 0.0455. The van der Waals surface area contributed by atoms with E-state index in [2.05, 4.69) is 12.1 Å². The van der Waals surface area contributed by atoms with Gasteiger partial charge in [0, 0.05) is 28.5 Å². The number of fused-ring (bicyclic) bond motifs is 3. The third-order valence-corrected chi connectivity index (χ3v) is 6.31. The molecule has 0 radical (unpaired) electrons. The first-order valence-corrected chi connectivity index (χ1v) is 10.9. The molecule has 0 aliphatic heterocycles. The van der Waals surface area contributed by atoms with Crippen LogP contribution in [0.1, 0.15) is 27.0 Å². The summed E-state index contributed by atoms with van der Waals surface area (Å²) in [6.45, 7) is 0. The lowest BCUT2D eigenvalue weighted by atomic mass is 9.82. The predicted molar refractivity (Wildman–Crippen MR) is 125 cm³/mol. The van der Waals surface area contributed by atoms with Gasteiger partial charge in [-0.15, -0.1) is 23.2 Å². The number of hydrogen-bond acceptors (Lipinski definition) is 1. The van der Waals surface area contributed by atoms with E-state index >= 15 is 0 Å². The van der Waals surface area contributed by atoms with E-state index < -0.39 is 0 Å². The van der Waals surface area contributed by atoms with Crippen LogP contribution in [-0.2, 0) is 11.8 Å². The monoisotopic (exact) mass is 428 g/mol. The number of rotatable bonds is 4. The Kier molecular flexibility index (Phi) is 4.94. The minimum Gasteiger partial charge on any atom is -0.289 e. The van der Waals surface area contributed by atoms with Crippen molar-refractivity contribution in [2.75, 3.05) is 0 Å². The second kappa shape index (κ2) is 7.75. The Morgan fingerprint density at radius 1 is 0.500 bits per heavy atom. The molecular formula is C27H18Cl2O. The number of ketones is 1. The van der Waals surface area contributed by atoms with Crippen LogP contribution in [0.3, 0.4) is 0 Å². The maximum atomic E-state index is 13.7. The van der Waals surface area contributed by atoms with Gasteiger partial charge in [0.05, 0.1) is 0 Å². The summed E-state index contributed by atoms with van der Waals surface area (Å²) in [5.74, 6) is 0.641. The van der Waals surface area contributed by atoms with Crippen molar-refractivity contribution >= 4 is 29.0 Å². The van der Waals surface area contributed by atoms with Crippen LogP contribution in [0.2, 0.25) is 0 Å². The zero-order valence-corrected chi connectivity index (χ0v) is 17.7. The standard InChI is InChI=1S/C27H18Cl2O/c28-15-21-22(16-29)24(18-11-5-2-6-12-18)26-25(23(21)17-9-3-1-4-10-17)19-13-7-8-14-20(19)27(26)30/h1-14H,15-16H2. The van der Waals surface area contributed by atoms with E-state index in [0.29, 0.717) is 5.88 Å². The van der Waals surface area contributed by atoms with Gasteiger partial charge in [0.1, 0.15) is 0 Å². The fraction of sp³-hybridized carbons (Fsp3) is 0.0741. The molecule has 0 aromatic heterocycles. The summed E-state index contributed by atoms with van der Waals surface area (Å²) in [5, 5.41) is 0. The predicted octanol–water partition coefficient (Wildman–Crippen LogP) is 7.71. The van der Waals surface area contributed by atoms with E-state index in [1.807, 2.05) is 72.8 Å². The molecular weight excluding hydrogens is 411 g/mol. The Morgan fingerprint density at radius 3 is 1.43 bits per heavy atom. The van der Waals surface area contributed by atoms with E-state index in [1.54, 1.807) is 0 Å². The van der Waals surface area contributed by atoms with Crippen molar-refractivity contribution in [2.45, 2.75) is 11.8 Å². The van der Waals surface area contributed by atoms with Gasteiger partial charge in [0.2, 0.25) is 0 Å². The molecule has 4 aromatic carbocycles. The normalized spacial score (nSPS) is 12.0. The molecule has 3 heteroatoms. The molecule has 1 aliphatic carbocycles. The highest BCUT2D eigenvalue weighted by Gasteiger charge is 2.35. The number of carbonyl (C=O) groups excluding carboxylic acids is 1.